The van der Waals surface area contributed by atoms with Crippen LogP contribution in [0.15, 0.2) is 133 Å². The van der Waals surface area contributed by atoms with Crippen molar-refractivity contribution in [3.05, 3.63) is 161 Å². The molecule has 6 aromatic rings. The van der Waals surface area contributed by atoms with Crippen LogP contribution in [0.1, 0.15) is 51.1 Å². The van der Waals surface area contributed by atoms with E-state index in [4.69, 9.17) is 25.8 Å². The summed E-state index contributed by atoms with van der Waals surface area (Å²) in [4.78, 5) is 28.5. The molecule has 0 atom stereocenters. The van der Waals surface area contributed by atoms with Gasteiger partial charge in [0.25, 0.3) is 0 Å². The molecule has 0 spiro atoms. The van der Waals surface area contributed by atoms with E-state index >= 15 is 0 Å². The van der Waals surface area contributed by atoms with Crippen LogP contribution >= 0.6 is 11.6 Å². The fourth-order valence-electron chi connectivity index (χ4n) is 6.55. The van der Waals surface area contributed by atoms with Crippen LogP contribution in [-0.4, -0.2) is 43.1 Å². The fourth-order valence-corrected chi connectivity index (χ4v) is 6.77. The van der Waals surface area contributed by atoms with E-state index < -0.39 is 11.9 Å². The summed E-state index contributed by atoms with van der Waals surface area (Å²) in [6.45, 7) is 3.88. The number of para-hydroxylation sites is 1. The van der Waals surface area contributed by atoms with E-state index in [1.807, 2.05) is 66.7 Å². The molecule has 6 aromatic carbocycles. The highest BCUT2D eigenvalue weighted by Gasteiger charge is 2.20. The van der Waals surface area contributed by atoms with E-state index in [0.29, 0.717) is 46.2 Å². The van der Waals surface area contributed by atoms with Crippen molar-refractivity contribution in [3.63, 3.8) is 0 Å². The highest BCUT2D eigenvalue weighted by molar-refractivity contribution is 6.32. The zero-order valence-corrected chi connectivity index (χ0v) is 29.0. The minimum atomic E-state index is -0.493. The van der Waals surface area contributed by atoms with Crippen LogP contribution in [0.4, 0.5) is 0 Å². The number of hydrogen-bond donors (Lipinski definition) is 0. The smallest absolute Gasteiger partial charge is 0.343 e. The molecule has 0 saturated carbocycles. The van der Waals surface area contributed by atoms with Gasteiger partial charge in [-0.15, -0.1) is 0 Å². The summed E-state index contributed by atoms with van der Waals surface area (Å²) in [7, 11) is 0. The van der Waals surface area contributed by atoms with Gasteiger partial charge in [-0.25, -0.2) is 9.59 Å². The SMILES string of the molecule is O=C(Oc1ccc2c(Cc3ccc(OCCN4CCCCC4)cc3)c(-c3cccc(Cl)c3OC(=O)c3ccccc3)ccc2c1)c1ccccc1. The van der Waals surface area contributed by atoms with Crippen LogP contribution in [0.3, 0.4) is 0 Å². The molecule has 6 nitrogen and oxygen atoms in total. The predicted molar refractivity (Wildman–Crippen MR) is 202 cm³/mol. The van der Waals surface area contributed by atoms with Crippen molar-refractivity contribution in [2.24, 2.45) is 0 Å². The third kappa shape index (κ3) is 8.31. The number of likely N-dealkylation sites (tertiary alicyclic amines) is 1. The van der Waals surface area contributed by atoms with Gasteiger partial charge in [0.2, 0.25) is 0 Å². The van der Waals surface area contributed by atoms with Gasteiger partial charge < -0.3 is 14.2 Å². The second-order valence-electron chi connectivity index (χ2n) is 12.7. The van der Waals surface area contributed by atoms with E-state index in [2.05, 4.69) is 17.0 Å². The first-order chi connectivity index (χ1) is 25.0. The maximum Gasteiger partial charge on any atom is 0.343 e. The monoisotopic (exact) mass is 695 g/mol. The molecule has 0 bridgehead atoms. The largest absolute Gasteiger partial charge is 0.492 e. The Hall–Kier alpha value is -5.43. The standard InChI is InChI=1S/C44H38ClNO5/c45-41-16-10-15-39(42(41)51-44(48)33-13-6-2-7-14-33)38-23-19-34-30-36(50-43(47)32-11-4-1-5-12-32)22-24-37(34)40(38)29-31-17-20-35(21-18-31)49-28-27-46-25-8-3-9-26-46/h1-2,4-7,10-24,30H,3,8-9,25-29H2. The maximum absolute atomic E-state index is 13.2. The molecule has 7 rings (SSSR count). The summed E-state index contributed by atoms with van der Waals surface area (Å²) in [5, 5.41) is 2.20. The molecule has 51 heavy (non-hydrogen) atoms. The Kier molecular flexibility index (Phi) is 10.7. The molecule has 0 N–H and O–H groups in total. The zero-order chi connectivity index (χ0) is 35.0. The van der Waals surface area contributed by atoms with Crippen molar-refractivity contribution < 1.29 is 23.8 Å². The molecule has 1 fully saturated rings. The quantitative estimate of drug-likeness (QED) is 0.0993. The lowest BCUT2D eigenvalue weighted by molar-refractivity contribution is 0.0725. The van der Waals surface area contributed by atoms with Crippen molar-refractivity contribution in [2.45, 2.75) is 25.7 Å². The Morgan fingerprint density at radius 2 is 1.29 bits per heavy atom. The number of ether oxygens (including phenoxy) is 3. The molecule has 1 heterocycles. The molecular formula is C44H38ClNO5. The summed E-state index contributed by atoms with van der Waals surface area (Å²) in [6.07, 6.45) is 4.41. The number of carbonyl (C=O) groups is 2. The molecule has 0 aliphatic carbocycles. The van der Waals surface area contributed by atoms with Crippen molar-refractivity contribution in [1.82, 2.24) is 4.90 Å². The topological polar surface area (TPSA) is 65.1 Å². The number of rotatable bonds is 11. The second kappa shape index (κ2) is 16.1. The van der Waals surface area contributed by atoms with Gasteiger partial charge in [-0.05, 0) is 114 Å². The molecule has 1 aliphatic heterocycles. The van der Waals surface area contributed by atoms with Crippen molar-refractivity contribution in [3.8, 4) is 28.4 Å². The minimum Gasteiger partial charge on any atom is -0.492 e. The average Bonchev–Trinajstić information content (AvgIpc) is 3.17. The number of esters is 2. The number of nitrogens with zero attached hydrogens (tertiary/aromatic N) is 1. The van der Waals surface area contributed by atoms with Crippen LogP contribution < -0.4 is 14.2 Å². The molecule has 0 radical (unpaired) electrons. The number of piperidine rings is 1. The highest BCUT2D eigenvalue weighted by atomic mass is 35.5. The van der Waals surface area contributed by atoms with Gasteiger partial charge in [-0.1, -0.05) is 96.9 Å². The highest BCUT2D eigenvalue weighted by Crippen LogP contribution is 2.41. The maximum atomic E-state index is 13.2. The fraction of sp³-hybridized carbons (Fsp3) is 0.182. The Morgan fingerprint density at radius 1 is 0.627 bits per heavy atom. The van der Waals surface area contributed by atoms with Gasteiger partial charge in [0.15, 0.2) is 5.75 Å². The van der Waals surface area contributed by atoms with Gasteiger partial charge in [0.1, 0.15) is 18.1 Å². The first-order valence-electron chi connectivity index (χ1n) is 17.3. The van der Waals surface area contributed by atoms with E-state index in [1.54, 1.807) is 54.6 Å². The Balaban J connectivity index is 1.21. The summed E-state index contributed by atoms with van der Waals surface area (Å²) < 4.78 is 17.9. The lowest BCUT2D eigenvalue weighted by Crippen LogP contribution is -2.33. The third-order valence-electron chi connectivity index (χ3n) is 9.21. The molecule has 256 valence electrons. The van der Waals surface area contributed by atoms with Gasteiger partial charge in [-0.2, -0.15) is 0 Å². The van der Waals surface area contributed by atoms with Crippen molar-refractivity contribution >= 4 is 34.3 Å². The van der Waals surface area contributed by atoms with E-state index in [1.165, 1.54) is 19.3 Å². The first-order valence-corrected chi connectivity index (χ1v) is 17.7. The average molecular weight is 696 g/mol. The first kappa shape index (κ1) is 34.0. The number of fused-ring (bicyclic) bond motifs is 1. The summed E-state index contributed by atoms with van der Waals surface area (Å²) in [5.74, 6) is 0.659. The summed E-state index contributed by atoms with van der Waals surface area (Å²) in [6, 6.07) is 41.1. The lowest BCUT2D eigenvalue weighted by atomic mass is 9.89. The molecule has 7 heteroatoms. The van der Waals surface area contributed by atoms with E-state index in [-0.39, 0.29) is 0 Å². The van der Waals surface area contributed by atoms with Gasteiger partial charge in [0, 0.05) is 12.1 Å². The molecule has 1 aliphatic rings. The number of carbonyl (C=O) groups excluding carboxylic acids is 2. The van der Waals surface area contributed by atoms with E-state index in [9.17, 15) is 9.59 Å². The molecular weight excluding hydrogens is 658 g/mol. The van der Waals surface area contributed by atoms with Crippen LogP contribution in [0.25, 0.3) is 21.9 Å². The van der Waals surface area contributed by atoms with Gasteiger partial charge >= 0.3 is 11.9 Å². The number of halogens is 1. The normalized spacial score (nSPS) is 13.1. The Labute approximate surface area is 303 Å². The summed E-state index contributed by atoms with van der Waals surface area (Å²) >= 11 is 6.73. The Morgan fingerprint density at radius 3 is 2.00 bits per heavy atom. The summed E-state index contributed by atoms with van der Waals surface area (Å²) in [5.41, 5.74) is 4.56. The number of benzene rings is 6. The zero-order valence-electron chi connectivity index (χ0n) is 28.2. The second-order valence-corrected chi connectivity index (χ2v) is 13.1. The van der Waals surface area contributed by atoms with E-state index in [0.717, 1.165) is 52.8 Å². The van der Waals surface area contributed by atoms with Crippen LogP contribution in [0.5, 0.6) is 17.2 Å². The minimum absolute atomic E-state index is 0.291. The van der Waals surface area contributed by atoms with Gasteiger partial charge in [0.05, 0.1) is 16.1 Å². The van der Waals surface area contributed by atoms with Gasteiger partial charge in [-0.3, -0.25) is 4.90 Å². The molecule has 0 aromatic heterocycles. The predicted octanol–water partition coefficient (Wildman–Crippen LogP) is 10.1. The molecule has 0 unspecified atom stereocenters. The van der Waals surface area contributed by atoms with Crippen LogP contribution in [0.2, 0.25) is 5.02 Å². The van der Waals surface area contributed by atoms with Crippen LogP contribution in [-0.2, 0) is 6.42 Å². The lowest BCUT2D eigenvalue weighted by Gasteiger charge is -2.26. The van der Waals surface area contributed by atoms with Crippen molar-refractivity contribution in [2.75, 3.05) is 26.2 Å². The van der Waals surface area contributed by atoms with Crippen LogP contribution in [0, 0.1) is 0 Å². The Bertz CT molecular complexity index is 2130. The van der Waals surface area contributed by atoms with Crippen molar-refractivity contribution in [1.29, 1.82) is 0 Å². The molecule has 0 amide bonds. The third-order valence-corrected chi connectivity index (χ3v) is 9.51. The molecule has 1 saturated heterocycles. The number of hydrogen-bond acceptors (Lipinski definition) is 6.